The highest BCUT2D eigenvalue weighted by Gasteiger charge is 1.84. The van der Waals surface area contributed by atoms with Gasteiger partial charge in [-0.15, -0.1) is 0 Å². The summed E-state index contributed by atoms with van der Waals surface area (Å²) in [6.45, 7) is 1.89. The van der Waals surface area contributed by atoms with E-state index in [0.717, 1.165) is 11.3 Å². The van der Waals surface area contributed by atoms with Crippen molar-refractivity contribution in [2.75, 3.05) is 7.11 Å². The van der Waals surface area contributed by atoms with Crippen LogP contribution in [-0.2, 0) is 4.84 Å². The Kier molecular flexibility index (Phi) is 3.76. The van der Waals surface area contributed by atoms with Crippen molar-refractivity contribution < 1.29 is 4.84 Å². The summed E-state index contributed by atoms with van der Waals surface area (Å²) in [6.07, 6.45) is 3.91. The van der Waals surface area contributed by atoms with E-state index in [2.05, 4.69) is 9.99 Å². The molecule has 13 heavy (non-hydrogen) atoms. The van der Waals surface area contributed by atoms with Crippen molar-refractivity contribution >= 4 is 11.8 Å². The minimum Gasteiger partial charge on any atom is -0.399 e. The fourth-order valence-electron chi connectivity index (χ4n) is 0.955. The van der Waals surface area contributed by atoms with Crippen LogP contribution in [-0.4, -0.2) is 12.8 Å². The quantitative estimate of drug-likeness (QED) is 0.511. The summed E-state index contributed by atoms with van der Waals surface area (Å²) in [7, 11) is 1.54. The maximum atomic E-state index is 4.63. The van der Waals surface area contributed by atoms with E-state index in [4.69, 9.17) is 0 Å². The highest BCUT2D eigenvalue weighted by molar-refractivity contribution is 5.95. The van der Waals surface area contributed by atoms with E-state index in [1.165, 1.54) is 0 Å². The molecule has 1 aromatic rings. The van der Waals surface area contributed by atoms with E-state index >= 15 is 0 Å². The fraction of sp³-hybridized carbons (Fsp3) is 0.182. The molecule has 0 fully saturated rings. The third kappa shape index (κ3) is 3.56. The van der Waals surface area contributed by atoms with Crippen LogP contribution < -0.4 is 0 Å². The van der Waals surface area contributed by atoms with Gasteiger partial charge in [0.05, 0.1) is 5.71 Å². The van der Waals surface area contributed by atoms with Crippen LogP contribution in [0.15, 0.2) is 41.6 Å². The third-order valence-corrected chi connectivity index (χ3v) is 1.55. The number of nitrogens with zero attached hydrogens (tertiary/aromatic N) is 1. The summed E-state index contributed by atoms with van der Waals surface area (Å²) in [6, 6.07) is 10.1. The number of benzene rings is 1. The van der Waals surface area contributed by atoms with Crippen LogP contribution >= 0.6 is 0 Å². The molecule has 0 radical (unpaired) electrons. The number of hydrogen-bond donors (Lipinski definition) is 0. The molecule has 0 saturated heterocycles. The topological polar surface area (TPSA) is 21.6 Å². The molecule has 0 heterocycles. The average Bonchev–Trinajstić information content (AvgIpc) is 2.17. The van der Waals surface area contributed by atoms with Gasteiger partial charge in [0.2, 0.25) is 0 Å². The number of hydrogen-bond acceptors (Lipinski definition) is 2. The maximum absolute atomic E-state index is 4.63. The van der Waals surface area contributed by atoms with Gasteiger partial charge in [-0.25, -0.2) is 0 Å². The average molecular weight is 175 g/mol. The Balaban J connectivity index is 2.64. The molecule has 0 N–H and O–H groups in total. The minimum atomic E-state index is 0.853. The third-order valence-electron chi connectivity index (χ3n) is 1.55. The van der Waals surface area contributed by atoms with E-state index < -0.39 is 0 Å². The zero-order valence-electron chi connectivity index (χ0n) is 7.90. The zero-order chi connectivity index (χ0) is 9.52. The van der Waals surface area contributed by atoms with Gasteiger partial charge in [0.15, 0.2) is 0 Å². The van der Waals surface area contributed by atoms with Crippen LogP contribution in [0.25, 0.3) is 6.08 Å². The molecular weight excluding hydrogens is 162 g/mol. The molecule has 0 atom stereocenters. The molecule has 0 amide bonds. The lowest BCUT2D eigenvalue weighted by molar-refractivity contribution is 0.213. The van der Waals surface area contributed by atoms with E-state index in [0.29, 0.717) is 0 Å². The van der Waals surface area contributed by atoms with Gasteiger partial charge in [-0.3, -0.25) is 0 Å². The van der Waals surface area contributed by atoms with Gasteiger partial charge in [0, 0.05) is 0 Å². The maximum Gasteiger partial charge on any atom is 0.106 e. The molecule has 0 aliphatic heterocycles. The van der Waals surface area contributed by atoms with Crippen molar-refractivity contribution in [3.8, 4) is 0 Å². The molecule has 68 valence electrons. The molecule has 0 spiro atoms. The highest BCUT2D eigenvalue weighted by Crippen LogP contribution is 2.00. The first kappa shape index (κ1) is 9.52. The van der Waals surface area contributed by atoms with Crippen molar-refractivity contribution in [2.24, 2.45) is 5.16 Å². The van der Waals surface area contributed by atoms with Crippen LogP contribution in [0.3, 0.4) is 0 Å². The van der Waals surface area contributed by atoms with Gasteiger partial charge in [0.25, 0.3) is 0 Å². The first-order valence-corrected chi connectivity index (χ1v) is 4.14. The lowest BCUT2D eigenvalue weighted by Crippen LogP contribution is -1.84. The lowest BCUT2D eigenvalue weighted by atomic mass is 10.2. The van der Waals surface area contributed by atoms with Gasteiger partial charge in [0.1, 0.15) is 7.11 Å². The number of allylic oxidation sites excluding steroid dienone is 1. The molecule has 2 heteroatoms. The predicted octanol–water partition coefficient (Wildman–Crippen LogP) is 2.72. The van der Waals surface area contributed by atoms with Crippen LogP contribution in [0.5, 0.6) is 0 Å². The fourth-order valence-corrected chi connectivity index (χ4v) is 0.955. The SMILES string of the molecule is CO/N=C(C)/C=C/c1ccccc1. The second-order valence-electron chi connectivity index (χ2n) is 2.66. The van der Waals surface area contributed by atoms with Crippen LogP contribution in [0.1, 0.15) is 12.5 Å². The van der Waals surface area contributed by atoms with Gasteiger partial charge < -0.3 is 4.84 Å². The normalized spacial score (nSPS) is 12.0. The van der Waals surface area contributed by atoms with Gasteiger partial charge >= 0.3 is 0 Å². The Bertz CT molecular complexity index is 301. The van der Waals surface area contributed by atoms with E-state index in [9.17, 15) is 0 Å². The number of oxime groups is 1. The van der Waals surface area contributed by atoms with E-state index in [1.807, 2.05) is 49.4 Å². The summed E-state index contributed by atoms with van der Waals surface area (Å²) in [5, 5.41) is 3.77. The molecule has 0 aliphatic carbocycles. The molecule has 2 nitrogen and oxygen atoms in total. The van der Waals surface area contributed by atoms with Crippen molar-refractivity contribution in [2.45, 2.75) is 6.92 Å². The number of rotatable bonds is 3. The molecule has 1 rings (SSSR count). The van der Waals surface area contributed by atoms with Crippen molar-refractivity contribution in [3.05, 3.63) is 42.0 Å². The van der Waals surface area contributed by atoms with Crippen molar-refractivity contribution in [3.63, 3.8) is 0 Å². The summed E-state index contributed by atoms with van der Waals surface area (Å²) >= 11 is 0. The lowest BCUT2D eigenvalue weighted by Gasteiger charge is -1.92. The molecule has 0 saturated carbocycles. The van der Waals surface area contributed by atoms with Crippen LogP contribution in [0.4, 0.5) is 0 Å². The largest absolute Gasteiger partial charge is 0.399 e. The smallest absolute Gasteiger partial charge is 0.106 e. The molecule has 1 aromatic carbocycles. The second-order valence-corrected chi connectivity index (χ2v) is 2.66. The van der Waals surface area contributed by atoms with E-state index in [-0.39, 0.29) is 0 Å². The van der Waals surface area contributed by atoms with Crippen molar-refractivity contribution in [1.29, 1.82) is 0 Å². The molecule has 0 unspecified atom stereocenters. The standard InChI is InChI=1S/C11H13NO/c1-10(12-13-2)8-9-11-6-4-3-5-7-11/h3-9H,1-2H3/b9-8+,12-10+. The summed E-state index contributed by atoms with van der Waals surface area (Å²) in [4.78, 5) is 4.63. The Morgan fingerprint density at radius 1 is 1.31 bits per heavy atom. The monoisotopic (exact) mass is 175 g/mol. The Hall–Kier alpha value is -1.57. The zero-order valence-corrected chi connectivity index (χ0v) is 7.90. The van der Waals surface area contributed by atoms with Gasteiger partial charge in [-0.05, 0) is 18.6 Å². The molecule has 0 aromatic heterocycles. The Morgan fingerprint density at radius 3 is 2.62 bits per heavy atom. The van der Waals surface area contributed by atoms with Crippen LogP contribution in [0, 0.1) is 0 Å². The second kappa shape index (κ2) is 5.14. The summed E-state index contributed by atoms with van der Waals surface area (Å²) in [5.74, 6) is 0. The highest BCUT2D eigenvalue weighted by atomic mass is 16.6. The Labute approximate surface area is 78.5 Å². The first-order chi connectivity index (χ1) is 6.33. The van der Waals surface area contributed by atoms with Crippen molar-refractivity contribution in [1.82, 2.24) is 0 Å². The predicted molar refractivity (Wildman–Crippen MR) is 55.6 cm³/mol. The molecule has 0 aliphatic rings. The summed E-state index contributed by atoms with van der Waals surface area (Å²) in [5.41, 5.74) is 2.01. The first-order valence-electron chi connectivity index (χ1n) is 4.14. The van der Waals surface area contributed by atoms with Gasteiger partial charge in [-0.2, -0.15) is 0 Å². The molecule has 0 bridgehead atoms. The van der Waals surface area contributed by atoms with E-state index in [1.54, 1.807) is 7.11 Å². The van der Waals surface area contributed by atoms with Gasteiger partial charge in [-0.1, -0.05) is 41.6 Å². The molecular formula is C11H13NO. The van der Waals surface area contributed by atoms with Crippen LogP contribution in [0.2, 0.25) is 0 Å². The Morgan fingerprint density at radius 2 is 2.00 bits per heavy atom. The minimum absolute atomic E-state index is 0.853. The summed E-state index contributed by atoms with van der Waals surface area (Å²) < 4.78 is 0.